The lowest BCUT2D eigenvalue weighted by Gasteiger charge is -2.23. The third-order valence-electron chi connectivity index (χ3n) is 4.19. The van der Waals surface area contributed by atoms with Gasteiger partial charge < -0.3 is 10.5 Å². The molecule has 0 aliphatic heterocycles. The number of rotatable bonds is 4. The van der Waals surface area contributed by atoms with E-state index in [-0.39, 0.29) is 30.2 Å². The maximum atomic E-state index is 13.6. The Balaban J connectivity index is 2.68. The average molecular weight is 479 g/mol. The summed E-state index contributed by atoms with van der Waals surface area (Å²) in [5.41, 5.74) is 0.101. The van der Waals surface area contributed by atoms with Crippen LogP contribution in [0.5, 0.6) is 5.75 Å². The zero-order chi connectivity index (χ0) is 25.1. The topological polar surface area (TPSA) is 105 Å². The maximum absolute atomic E-state index is 13.6. The van der Waals surface area contributed by atoms with Crippen LogP contribution in [0, 0.1) is 18.2 Å². The van der Waals surface area contributed by atoms with E-state index >= 15 is 0 Å². The van der Waals surface area contributed by atoms with E-state index in [1.54, 1.807) is 0 Å². The van der Waals surface area contributed by atoms with Gasteiger partial charge in [0.2, 0.25) is 0 Å². The number of carbonyl (C=O) groups is 1. The first-order valence-electron chi connectivity index (χ1n) is 8.98. The Morgan fingerprint density at radius 2 is 1.85 bits per heavy atom. The summed E-state index contributed by atoms with van der Waals surface area (Å²) in [6, 6.07) is 1.96. The number of anilines is 1. The first-order valence-corrected chi connectivity index (χ1v) is 8.98. The van der Waals surface area contributed by atoms with Crippen LogP contribution in [0.15, 0.2) is 29.3 Å². The van der Waals surface area contributed by atoms with E-state index in [4.69, 9.17) is 15.9 Å². The lowest BCUT2D eigenvalue weighted by atomic mass is 10.0. The number of ether oxygens (including phenoxy) is 1. The van der Waals surface area contributed by atoms with E-state index in [1.807, 2.05) is 0 Å². The van der Waals surface area contributed by atoms with Gasteiger partial charge in [-0.05, 0) is 38.1 Å². The highest BCUT2D eigenvalue weighted by Gasteiger charge is 2.42. The van der Waals surface area contributed by atoms with Crippen LogP contribution in [0.25, 0.3) is 0 Å². The van der Waals surface area contributed by atoms with E-state index in [2.05, 4.69) is 9.98 Å². The minimum Gasteiger partial charge on any atom is -0.408 e. The average Bonchev–Trinajstić information content (AvgIpc) is 2.69. The number of nitrogens with one attached hydrogen (secondary N) is 1. The third-order valence-corrected chi connectivity index (χ3v) is 4.19. The van der Waals surface area contributed by atoms with Crippen molar-refractivity contribution in [3.63, 3.8) is 0 Å². The molecule has 2 aromatic rings. The van der Waals surface area contributed by atoms with Gasteiger partial charge in [0.1, 0.15) is 11.6 Å². The van der Waals surface area contributed by atoms with Gasteiger partial charge in [-0.1, -0.05) is 0 Å². The number of amidine groups is 1. The number of aromatic nitrogens is 1. The fourth-order valence-corrected chi connectivity index (χ4v) is 2.64. The standard InChI is InChI=1S/C19H16F7N5O2/c1-3-31(14-5-4-13(20)9(2)30-14)17(32)33-15-11(16(28)29-8-27)6-10(18(21,22)23)7-12(15)19(24,25)26/h4-8H,3H2,1-2H3,(H3,27,28,29). The molecule has 0 saturated carbocycles. The van der Waals surface area contributed by atoms with Gasteiger partial charge in [0.25, 0.3) is 0 Å². The molecular formula is C19H16F7N5O2. The highest BCUT2D eigenvalue weighted by atomic mass is 19.4. The molecule has 33 heavy (non-hydrogen) atoms. The number of benzene rings is 1. The van der Waals surface area contributed by atoms with E-state index < -0.39 is 52.5 Å². The largest absolute Gasteiger partial charge is 0.420 e. The lowest BCUT2D eigenvalue weighted by Crippen LogP contribution is -2.35. The summed E-state index contributed by atoms with van der Waals surface area (Å²) < 4.78 is 98.8. The summed E-state index contributed by atoms with van der Waals surface area (Å²) in [4.78, 5) is 20.4. The second kappa shape index (κ2) is 9.42. The van der Waals surface area contributed by atoms with Crippen molar-refractivity contribution < 1.29 is 40.3 Å². The zero-order valence-corrected chi connectivity index (χ0v) is 17.0. The zero-order valence-electron chi connectivity index (χ0n) is 17.0. The number of pyridine rings is 1. The van der Waals surface area contributed by atoms with Crippen LogP contribution in [-0.2, 0) is 12.4 Å². The summed E-state index contributed by atoms with van der Waals surface area (Å²) >= 11 is 0. The summed E-state index contributed by atoms with van der Waals surface area (Å²) in [7, 11) is 0. The molecule has 0 fully saturated rings. The quantitative estimate of drug-likeness (QED) is 0.370. The molecule has 2 rings (SSSR count). The van der Waals surface area contributed by atoms with Gasteiger partial charge in [0.15, 0.2) is 11.6 Å². The van der Waals surface area contributed by atoms with Crippen LogP contribution in [0.1, 0.15) is 29.3 Å². The second-order valence-corrected chi connectivity index (χ2v) is 6.37. The van der Waals surface area contributed by atoms with Crippen molar-refractivity contribution >= 4 is 24.1 Å². The van der Waals surface area contributed by atoms with Crippen molar-refractivity contribution in [1.29, 1.82) is 5.41 Å². The monoisotopic (exact) mass is 479 g/mol. The van der Waals surface area contributed by atoms with E-state index in [0.29, 0.717) is 6.34 Å². The summed E-state index contributed by atoms with van der Waals surface area (Å²) in [6.07, 6.45) is -11.6. The van der Waals surface area contributed by atoms with Crippen LogP contribution in [-0.4, -0.2) is 29.8 Å². The van der Waals surface area contributed by atoms with E-state index in [0.717, 1.165) is 17.0 Å². The van der Waals surface area contributed by atoms with Gasteiger partial charge in [-0.25, -0.2) is 19.2 Å². The van der Waals surface area contributed by atoms with Crippen LogP contribution in [0.2, 0.25) is 0 Å². The van der Waals surface area contributed by atoms with Crippen molar-refractivity contribution in [2.24, 2.45) is 10.7 Å². The molecule has 1 aromatic heterocycles. The molecule has 0 spiro atoms. The first kappa shape index (κ1) is 25.5. The number of carbonyl (C=O) groups excluding carboxylic acids is 1. The molecule has 1 amide bonds. The summed E-state index contributed by atoms with van der Waals surface area (Å²) in [5.74, 6) is -3.39. The van der Waals surface area contributed by atoms with Gasteiger partial charge >= 0.3 is 18.4 Å². The number of amides is 1. The van der Waals surface area contributed by atoms with E-state index in [1.165, 1.54) is 13.8 Å². The van der Waals surface area contributed by atoms with Gasteiger partial charge in [-0.2, -0.15) is 26.3 Å². The first-order chi connectivity index (χ1) is 15.2. The third kappa shape index (κ3) is 5.75. The summed E-state index contributed by atoms with van der Waals surface area (Å²) in [6.45, 7) is 2.48. The number of nitrogens with two attached hydrogens (primary N) is 1. The molecule has 178 valence electrons. The molecule has 3 N–H and O–H groups in total. The fourth-order valence-electron chi connectivity index (χ4n) is 2.64. The molecule has 0 unspecified atom stereocenters. The molecule has 0 aliphatic carbocycles. The number of halogens is 7. The highest BCUT2D eigenvalue weighted by molar-refractivity contribution is 6.04. The Labute approximate surface area is 182 Å². The minimum absolute atomic E-state index is 0.121. The lowest BCUT2D eigenvalue weighted by molar-refractivity contribution is -0.143. The smallest absolute Gasteiger partial charge is 0.408 e. The molecule has 1 aromatic carbocycles. The normalized spacial score (nSPS) is 12.2. The summed E-state index contributed by atoms with van der Waals surface area (Å²) in [5, 5.41) is 7.71. The van der Waals surface area contributed by atoms with Crippen LogP contribution < -0.4 is 15.4 Å². The van der Waals surface area contributed by atoms with E-state index in [9.17, 15) is 35.5 Å². The number of aliphatic imine (C=N–C) groups is 1. The van der Waals surface area contributed by atoms with Crippen molar-refractivity contribution in [1.82, 2.24) is 4.98 Å². The SMILES string of the molecule is CCN(C(=O)Oc1c(C(=N)/N=C\N)cc(C(F)(F)F)cc1C(F)(F)F)c1ccc(F)c(C)n1. The van der Waals surface area contributed by atoms with Gasteiger partial charge in [0.05, 0.1) is 28.7 Å². The molecule has 0 atom stereocenters. The van der Waals surface area contributed by atoms with Crippen molar-refractivity contribution in [2.75, 3.05) is 11.4 Å². The molecule has 0 saturated heterocycles. The number of hydrogen-bond donors (Lipinski definition) is 2. The number of nitrogens with zero attached hydrogens (tertiary/aromatic N) is 3. The van der Waals surface area contributed by atoms with Crippen LogP contribution in [0.4, 0.5) is 41.3 Å². The minimum atomic E-state index is -5.40. The Kier molecular flexibility index (Phi) is 7.29. The Morgan fingerprint density at radius 1 is 1.21 bits per heavy atom. The van der Waals surface area contributed by atoms with Crippen LogP contribution >= 0.6 is 0 Å². The predicted molar refractivity (Wildman–Crippen MR) is 104 cm³/mol. The predicted octanol–water partition coefficient (Wildman–Crippen LogP) is 4.90. The number of aryl methyl sites for hydroxylation is 1. The fraction of sp³-hybridized carbons (Fsp3) is 0.263. The number of alkyl halides is 6. The highest BCUT2D eigenvalue weighted by Crippen LogP contribution is 2.43. The van der Waals surface area contributed by atoms with Gasteiger partial charge in [-0.3, -0.25) is 10.3 Å². The molecule has 7 nitrogen and oxygen atoms in total. The second-order valence-electron chi connectivity index (χ2n) is 6.37. The van der Waals surface area contributed by atoms with Crippen LogP contribution in [0.3, 0.4) is 0 Å². The Bertz CT molecular complexity index is 1100. The van der Waals surface area contributed by atoms with Gasteiger partial charge in [-0.15, -0.1) is 0 Å². The molecule has 0 bridgehead atoms. The molecular weight excluding hydrogens is 463 g/mol. The molecule has 0 aliphatic rings. The molecule has 0 radical (unpaired) electrons. The Hall–Kier alpha value is -3.71. The number of hydrogen-bond acceptors (Lipinski definition) is 4. The maximum Gasteiger partial charge on any atom is 0.420 e. The molecule has 14 heteroatoms. The molecule has 1 heterocycles. The van der Waals surface area contributed by atoms with Crippen molar-refractivity contribution in [3.8, 4) is 5.75 Å². The van der Waals surface area contributed by atoms with Crippen molar-refractivity contribution in [2.45, 2.75) is 26.2 Å². The Morgan fingerprint density at radius 3 is 2.33 bits per heavy atom. The van der Waals surface area contributed by atoms with Gasteiger partial charge in [0, 0.05) is 6.54 Å². The van der Waals surface area contributed by atoms with Crippen molar-refractivity contribution in [3.05, 3.63) is 52.5 Å².